The summed E-state index contributed by atoms with van der Waals surface area (Å²) in [5.41, 5.74) is 0.471. The highest BCUT2D eigenvalue weighted by molar-refractivity contribution is 5.80. The number of alkyl carbamates (subject to hydrolysis) is 1. The third kappa shape index (κ3) is 8.89. The Balaban J connectivity index is 2.14. The van der Waals surface area contributed by atoms with Crippen LogP contribution >= 0.6 is 0 Å². The number of pyridine rings is 1. The number of hydrogen-bond acceptors (Lipinski definition) is 4. The van der Waals surface area contributed by atoms with E-state index in [4.69, 9.17) is 4.74 Å². The lowest BCUT2D eigenvalue weighted by molar-refractivity contribution is -0.118. The number of nitrogens with one attached hydrogen (secondary N) is 1. The average molecular weight is 304 g/mol. The zero-order valence-corrected chi connectivity index (χ0v) is 13.5. The fourth-order valence-corrected chi connectivity index (χ4v) is 1.69. The van der Waals surface area contributed by atoms with E-state index in [-0.39, 0.29) is 5.78 Å². The molecule has 0 radical (unpaired) electrons. The van der Waals surface area contributed by atoms with E-state index in [2.05, 4.69) is 10.3 Å². The summed E-state index contributed by atoms with van der Waals surface area (Å²) in [5, 5.41) is 2.64. The molecular formula is C17H24N2O3. The Morgan fingerprint density at radius 2 is 2.14 bits per heavy atom. The van der Waals surface area contributed by atoms with Crippen molar-refractivity contribution in [3.8, 4) is 0 Å². The van der Waals surface area contributed by atoms with E-state index in [0.29, 0.717) is 25.8 Å². The maximum Gasteiger partial charge on any atom is 0.407 e. The molecule has 0 fully saturated rings. The minimum absolute atomic E-state index is 0.145. The van der Waals surface area contributed by atoms with Gasteiger partial charge in [-0.1, -0.05) is 18.2 Å². The topological polar surface area (TPSA) is 68.3 Å². The molecule has 0 bridgehead atoms. The number of hydrogen-bond donors (Lipinski definition) is 1. The van der Waals surface area contributed by atoms with E-state index in [0.717, 1.165) is 5.56 Å². The van der Waals surface area contributed by atoms with Crippen LogP contribution in [0.5, 0.6) is 0 Å². The Bertz CT molecular complexity index is 504. The first kappa shape index (κ1) is 17.9. The molecule has 0 saturated heterocycles. The Hall–Kier alpha value is -2.17. The number of allylic oxidation sites excluding steroid dienone is 1. The number of amides is 1. The van der Waals surface area contributed by atoms with Crippen LogP contribution < -0.4 is 5.32 Å². The van der Waals surface area contributed by atoms with Crippen LogP contribution in [-0.4, -0.2) is 29.0 Å². The number of rotatable bonds is 7. The van der Waals surface area contributed by atoms with Crippen LogP contribution in [0.1, 0.15) is 45.6 Å². The van der Waals surface area contributed by atoms with Crippen molar-refractivity contribution >= 4 is 18.0 Å². The summed E-state index contributed by atoms with van der Waals surface area (Å²) >= 11 is 0. The van der Waals surface area contributed by atoms with Crippen molar-refractivity contribution in [2.24, 2.45) is 0 Å². The van der Waals surface area contributed by atoms with Gasteiger partial charge in [-0.3, -0.25) is 9.78 Å². The van der Waals surface area contributed by atoms with Crippen LogP contribution in [0.15, 0.2) is 30.6 Å². The first-order valence-corrected chi connectivity index (χ1v) is 7.42. The van der Waals surface area contributed by atoms with E-state index in [1.165, 1.54) is 0 Å². The predicted molar refractivity (Wildman–Crippen MR) is 86.4 cm³/mol. The number of Topliss-reactive ketones (excluding diaryl/α,β-unsaturated/α-hetero) is 1. The molecule has 0 aliphatic heterocycles. The summed E-state index contributed by atoms with van der Waals surface area (Å²) in [7, 11) is 0. The van der Waals surface area contributed by atoms with E-state index >= 15 is 0 Å². The van der Waals surface area contributed by atoms with Crippen LogP contribution in [0.25, 0.3) is 6.08 Å². The molecule has 5 heteroatoms. The van der Waals surface area contributed by atoms with Gasteiger partial charge in [0.1, 0.15) is 11.4 Å². The Morgan fingerprint density at radius 1 is 1.36 bits per heavy atom. The maximum absolute atomic E-state index is 11.7. The smallest absolute Gasteiger partial charge is 0.407 e. The summed E-state index contributed by atoms with van der Waals surface area (Å²) in [4.78, 5) is 27.1. The largest absolute Gasteiger partial charge is 0.444 e. The SMILES string of the molecule is CC(C)(C)OC(=O)NCCCC(=O)C/C=C/c1cccnc1. The maximum atomic E-state index is 11.7. The lowest BCUT2D eigenvalue weighted by atomic mass is 10.1. The molecule has 1 amide bonds. The van der Waals surface area contributed by atoms with Crippen molar-refractivity contribution in [1.82, 2.24) is 10.3 Å². The molecule has 0 aliphatic rings. The molecule has 120 valence electrons. The predicted octanol–water partition coefficient (Wildman–Crippen LogP) is 3.36. The number of ketones is 1. The molecule has 0 saturated carbocycles. The van der Waals surface area contributed by atoms with Crippen LogP contribution in [-0.2, 0) is 9.53 Å². The van der Waals surface area contributed by atoms with Gasteiger partial charge >= 0.3 is 6.09 Å². The van der Waals surface area contributed by atoms with Crippen molar-refractivity contribution in [1.29, 1.82) is 0 Å². The number of carbonyl (C=O) groups excluding carboxylic acids is 2. The van der Waals surface area contributed by atoms with Crippen molar-refractivity contribution < 1.29 is 14.3 Å². The minimum Gasteiger partial charge on any atom is -0.444 e. The van der Waals surface area contributed by atoms with Gasteiger partial charge in [-0.15, -0.1) is 0 Å². The Kier molecular flexibility index (Phi) is 7.29. The van der Waals surface area contributed by atoms with E-state index in [1.54, 1.807) is 12.4 Å². The van der Waals surface area contributed by atoms with Gasteiger partial charge in [0.25, 0.3) is 0 Å². The van der Waals surface area contributed by atoms with Gasteiger partial charge in [0.15, 0.2) is 0 Å². The zero-order valence-electron chi connectivity index (χ0n) is 13.5. The third-order valence-electron chi connectivity index (χ3n) is 2.64. The standard InChI is InChI=1S/C17H24N2O3/c1-17(2,3)22-16(21)19-12-6-10-15(20)9-4-7-14-8-5-11-18-13-14/h4-5,7-8,11,13H,6,9-10,12H2,1-3H3,(H,19,21)/b7-4+. The van der Waals surface area contributed by atoms with Crippen LogP contribution in [0.4, 0.5) is 4.79 Å². The second kappa shape index (κ2) is 8.97. The van der Waals surface area contributed by atoms with Crippen LogP contribution in [0.2, 0.25) is 0 Å². The summed E-state index contributed by atoms with van der Waals surface area (Å²) < 4.78 is 5.11. The van der Waals surface area contributed by atoms with Crippen LogP contribution in [0, 0.1) is 0 Å². The Labute approximate surface area is 131 Å². The molecule has 0 aromatic carbocycles. The van der Waals surface area contributed by atoms with Gasteiger partial charge in [-0.25, -0.2) is 4.79 Å². The van der Waals surface area contributed by atoms with Gasteiger partial charge < -0.3 is 10.1 Å². The molecule has 1 aromatic rings. The van der Waals surface area contributed by atoms with Gasteiger partial charge in [-0.2, -0.15) is 0 Å². The van der Waals surface area contributed by atoms with Crippen molar-refractivity contribution in [2.45, 2.75) is 45.6 Å². The summed E-state index contributed by atoms with van der Waals surface area (Å²) in [6.07, 6.45) is 8.15. The van der Waals surface area contributed by atoms with Crippen molar-refractivity contribution in [3.63, 3.8) is 0 Å². The molecule has 1 N–H and O–H groups in total. The second-order valence-electron chi connectivity index (χ2n) is 5.96. The van der Waals surface area contributed by atoms with Gasteiger partial charge in [0.05, 0.1) is 0 Å². The third-order valence-corrected chi connectivity index (χ3v) is 2.64. The van der Waals surface area contributed by atoms with Crippen molar-refractivity contribution in [2.75, 3.05) is 6.54 Å². The summed E-state index contributed by atoms with van der Waals surface area (Å²) in [6, 6.07) is 3.78. The first-order chi connectivity index (χ1) is 10.4. The van der Waals surface area contributed by atoms with Crippen LogP contribution in [0.3, 0.4) is 0 Å². The molecule has 0 spiro atoms. The lowest BCUT2D eigenvalue weighted by Gasteiger charge is -2.19. The zero-order chi connectivity index (χ0) is 16.4. The number of carbonyl (C=O) groups is 2. The quantitative estimate of drug-likeness (QED) is 0.784. The van der Waals surface area contributed by atoms with Gasteiger partial charge in [0, 0.05) is 31.8 Å². The summed E-state index contributed by atoms with van der Waals surface area (Å²) in [5.74, 6) is 0.145. The monoisotopic (exact) mass is 304 g/mol. The van der Waals surface area contributed by atoms with E-state index in [9.17, 15) is 9.59 Å². The highest BCUT2D eigenvalue weighted by Crippen LogP contribution is 2.06. The number of nitrogens with zero attached hydrogens (tertiary/aromatic N) is 1. The number of aromatic nitrogens is 1. The van der Waals surface area contributed by atoms with E-state index in [1.807, 2.05) is 45.1 Å². The second-order valence-corrected chi connectivity index (χ2v) is 5.96. The first-order valence-electron chi connectivity index (χ1n) is 7.42. The average Bonchev–Trinajstić information content (AvgIpc) is 2.43. The number of ether oxygens (including phenoxy) is 1. The van der Waals surface area contributed by atoms with E-state index < -0.39 is 11.7 Å². The highest BCUT2D eigenvalue weighted by Gasteiger charge is 2.15. The molecule has 5 nitrogen and oxygen atoms in total. The molecule has 1 aromatic heterocycles. The minimum atomic E-state index is -0.503. The Morgan fingerprint density at radius 3 is 2.77 bits per heavy atom. The molecule has 0 unspecified atom stereocenters. The van der Waals surface area contributed by atoms with Gasteiger partial charge in [-0.05, 0) is 38.8 Å². The molecular weight excluding hydrogens is 280 g/mol. The fraction of sp³-hybridized carbons (Fsp3) is 0.471. The highest BCUT2D eigenvalue weighted by atomic mass is 16.6. The normalized spacial score (nSPS) is 11.4. The molecule has 0 aliphatic carbocycles. The van der Waals surface area contributed by atoms with Crippen molar-refractivity contribution in [3.05, 3.63) is 36.2 Å². The fourth-order valence-electron chi connectivity index (χ4n) is 1.69. The summed E-state index contributed by atoms with van der Waals surface area (Å²) in [6.45, 7) is 5.87. The molecule has 1 heterocycles. The van der Waals surface area contributed by atoms with Gasteiger partial charge in [0.2, 0.25) is 0 Å². The molecule has 0 atom stereocenters. The molecule has 1 rings (SSSR count). The lowest BCUT2D eigenvalue weighted by Crippen LogP contribution is -2.33. The molecule has 22 heavy (non-hydrogen) atoms.